The van der Waals surface area contributed by atoms with E-state index in [9.17, 15) is 9.59 Å². The zero-order valence-corrected chi connectivity index (χ0v) is 19.7. The Hall–Kier alpha value is -3.86. The van der Waals surface area contributed by atoms with Gasteiger partial charge in [0, 0.05) is 5.69 Å². The van der Waals surface area contributed by atoms with Crippen LogP contribution >= 0.6 is 0 Å². The Morgan fingerprint density at radius 2 is 1.55 bits per heavy atom. The Labute approximate surface area is 194 Å². The first kappa shape index (κ1) is 22.3. The fourth-order valence-electron chi connectivity index (χ4n) is 3.95. The van der Waals surface area contributed by atoms with Gasteiger partial charge in [-0.05, 0) is 80.6 Å². The van der Waals surface area contributed by atoms with Gasteiger partial charge in [-0.1, -0.05) is 42.5 Å². The van der Waals surface area contributed by atoms with Crippen LogP contribution in [0, 0.1) is 27.7 Å². The predicted octanol–water partition coefficient (Wildman–Crippen LogP) is 5.72. The number of carbonyl (C=O) groups excluding carboxylic acids is 2. The quantitative estimate of drug-likeness (QED) is 0.499. The summed E-state index contributed by atoms with van der Waals surface area (Å²) in [5.41, 5.74) is 6.80. The van der Waals surface area contributed by atoms with Crippen LogP contribution in [0.15, 0.2) is 66.4 Å². The molecule has 0 spiro atoms. The Balaban J connectivity index is 1.88. The molecule has 0 aromatic heterocycles. The van der Waals surface area contributed by atoms with Gasteiger partial charge < -0.3 is 10.1 Å². The summed E-state index contributed by atoms with van der Waals surface area (Å²) in [5.74, 6) is -0.279. The zero-order valence-electron chi connectivity index (χ0n) is 19.7. The molecule has 0 radical (unpaired) electrons. The molecule has 0 saturated heterocycles. The molecule has 33 heavy (non-hydrogen) atoms. The van der Waals surface area contributed by atoms with Gasteiger partial charge in [0.1, 0.15) is 11.4 Å². The van der Waals surface area contributed by atoms with Crippen molar-refractivity contribution in [1.29, 1.82) is 0 Å². The molecule has 1 N–H and O–H groups in total. The van der Waals surface area contributed by atoms with Gasteiger partial charge >= 0.3 is 0 Å². The molecule has 1 aliphatic heterocycles. The third-order valence-corrected chi connectivity index (χ3v) is 5.94. The predicted molar refractivity (Wildman–Crippen MR) is 132 cm³/mol. The molecule has 0 bridgehead atoms. The molecule has 0 aliphatic carbocycles. The van der Waals surface area contributed by atoms with Gasteiger partial charge in [-0.15, -0.1) is 0 Å². The topological polar surface area (TPSA) is 58.6 Å². The normalized spacial score (nSPS) is 13.7. The average Bonchev–Trinajstić information content (AvgIpc) is 3.03. The number of benzene rings is 3. The van der Waals surface area contributed by atoms with Crippen LogP contribution < -0.4 is 15.0 Å². The van der Waals surface area contributed by atoms with E-state index in [-0.39, 0.29) is 11.6 Å². The van der Waals surface area contributed by atoms with E-state index >= 15 is 0 Å². The lowest BCUT2D eigenvalue weighted by Crippen LogP contribution is -2.32. The molecule has 1 heterocycles. The minimum absolute atomic E-state index is 0.267. The molecule has 5 nitrogen and oxygen atoms in total. The number of nitrogens with zero attached hydrogens (tertiary/aromatic N) is 1. The van der Waals surface area contributed by atoms with Crippen molar-refractivity contribution in [2.75, 3.05) is 16.8 Å². The Morgan fingerprint density at radius 1 is 0.818 bits per heavy atom. The van der Waals surface area contributed by atoms with Crippen molar-refractivity contribution in [3.8, 4) is 5.75 Å². The maximum atomic E-state index is 13.8. The van der Waals surface area contributed by atoms with Crippen molar-refractivity contribution in [2.24, 2.45) is 0 Å². The van der Waals surface area contributed by atoms with E-state index in [2.05, 4.69) is 5.32 Å². The number of para-hydroxylation sites is 2. The third kappa shape index (κ3) is 4.14. The number of anilines is 2. The summed E-state index contributed by atoms with van der Waals surface area (Å²) in [6.45, 7) is 10.3. The second-order valence-electron chi connectivity index (χ2n) is 8.34. The van der Waals surface area contributed by atoms with Crippen molar-refractivity contribution in [3.05, 3.63) is 94.2 Å². The summed E-state index contributed by atoms with van der Waals surface area (Å²) in [7, 11) is 0. The van der Waals surface area contributed by atoms with E-state index in [0.717, 1.165) is 27.9 Å². The fraction of sp³-hybridized carbons (Fsp3) is 0.214. The van der Waals surface area contributed by atoms with Gasteiger partial charge in [-0.2, -0.15) is 0 Å². The molecular formula is C28H28N2O3. The summed E-state index contributed by atoms with van der Waals surface area (Å²) in [4.78, 5) is 28.7. The number of carbonyl (C=O) groups is 2. The number of aryl methyl sites for hydroxylation is 4. The van der Waals surface area contributed by atoms with E-state index < -0.39 is 5.91 Å². The van der Waals surface area contributed by atoms with E-state index in [4.69, 9.17) is 4.74 Å². The Morgan fingerprint density at radius 3 is 2.27 bits per heavy atom. The molecule has 3 aromatic rings. The summed E-state index contributed by atoms with van der Waals surface area (Å²) in [6, 6.07) is 18.9. The molecule has 0 saturated carbocycles. The molecule has 1 aliphatic rings. The van der Waals surface area contributed by atoms with E-state index in [1.165, 1.54) is 4.90 Å². The maximum Gasteiger partial charge on any atom is 0.282 e. The Bertz CT molecular complexity index is 1290. The number of nitrogens with one attached hydrogen (secondary N) is 1. The first-order chi connectivity index (χ1) is 15.8. The van der Waals surface area contributed by atoms with Crippen LogP contribution in [0.25, 0.3) is 5.57 Å². The van der Waals surface area contributed by atoms with Gasteiger partial charge in [0.05, 0.1) is 17.9 Å². The lowest BCUT2D eigenvalue weighted by atomic mass is 9.99. The molecule has 2 amide bonds. The second-order valence-corrected chi connectivity index (χ2v) is 8.34. The van der Waals surface area contributed by atoms with Gasteiger partial charge in [-0.3, -0.25) is 9.59 Å². The smallest absolute Gasteiger partial charge is 0.282 e. The molecule has 0 atom stereocenters. The molecule has 0 unspecified atom stereocenters. The highest BCUT2D eigenvalue weighted by Gasteiger charge is 2.41. The first-order valence-electron chi connectivity index (χ1n) is 11.1. The summed E-state index contributed by atoms with van der Waals surface area (Å²) >= 11 is 0. The van der Waals surface area contributed by atoms with E-state index in [1.807, 2.05) is 77.1 Å². The molecule has 4 rings (SSSR count). The minimum atomic E-state index is -0.402. The number of hydrogen-bond donors (Lipinski definition) is 1. The van der Waals surface area contributed by atoms with Crippen molar-refractivity contribution in [1.82, 2.24) is 0 Å². The van der Waals surface area contributed by atoms with Crippen LogP contribution in [0.2, 0.25) is 0 Å². The van der Waals surface area contributed by atoms with Crippen LogP contribution in [0.5, 0.6) is 5.75 Å². The van der Waals surface area contributed by atoms with Crippen molar-refractivity contribution < 1.29 is 14.3 Å². The zero-order chi connectivity index (χ0) is 23.7. The number of hydrogen-bond acceptors (Lipinski definition) is 4. The largest absolute Gasteiger partial charge is 0.492 e. The lowest BCUT2D eigenvalue weighted by Gasteiger charge is -2.19. The highest BCUT2D eigenvalue weighted by atomic mass is 16.5. The van der Waals surface area contributed by atoms with Gasteiger partial charge in [-0.25, -0.2) is 4.90 Å². The average molecular weight is 441 g/mol. The van der Waals surface area contributed by atoms with E-state index in [1.54, 1.807) is 18.2 Å². The summed E-state index contributed by atoms with van der Waals surface area (Å²) in [5, 5.41) is 3.29. The van der Waals surface area contributed by atoms with Gasteiger partial charge in [0.2, 0.25) is 0 Å². The number of amides is 2. The van der Waals surface area contributed by atoms with Gasteiger partial charge in [0.25, 0.3) is 11.8 Å². The lowest BCUT2D eigenvalue weighted by molar-refractivity contribution is -0.120. The maximum absolute atomic E-state index is 13.8. The molecular weight excluding hydrogens is 412 g/mol. The fourth-order valence-corrected chi connectivity index (χ4v) is 3.95. The minimum Gasteiger partial charge on any atom is -0.492 e. The van der Waals surface area contributed by atoms with Crippen LogP contribution in [0.4, 0.5) is 11.4 Å². The number of ether oxygens (including phenoxy) is 1. The monoisotopic (exact) mass is 440 g/mol. The molecule has 0 fully saturated rings. The number of rotatable bonds is 6. The Kier molecular flexibility index (Phi) is 6.05. The van der Waals surface area contributed by atoms with Crippen molar-refractivity contribution in [2.45, 2.75) is 34.6 Å². The number of imide groups is 1. The molecule has 5 heteroatoms. The molecule has 3 aromatic carbocycles. The van der Waals surface area contributed by atoms with Crippen LogP contribution in [-0.4, -0.2) is 18.4 Å². The summed E-state index contributed by atoms with van der Waals surface area (Å²) in [6.07, 6.45) is 0. The van der Waals surface area contributed by atoms with E-state index in [0.29, 0.717) is 29.2 Å². The molecule has 168 valence electrons. The van der Waals surface area contributed by atoms with Crippen molar-refractivity contribution >= 4 is 28.8 Å². The van der Waals surface area contributed by atoms with Crippen LogP contribution in [-0.2, 0) is 9.59 Å². The highest BCUT2D eigenvalue weighted by Crippen LogP contribution is 2.38. The van der Waals surface area contributed by atoms with Gasteiger partial charge in [0.15, 0.2) is 0 Å². The third-order valence-electron chi connectivity index (χ3n) is 5.94. The first-order valence-corrected chi connectivity index (χ1v) is 11.1. The summed E-state index contributed by atoms with van der Waals surface area (Å²) < 4.78 is 5.73. The highest BCUT2D eigenvalue weighted by molar-refractivity contribution is 6.46. The second kappa shape index (κ2) is 8.94. The standard InChI is InChI=1S/C28H28N2O3/c1-6-33-24-10-8-7-9-23(24)30-27(31)25(21-14-13-18(3)20(5)16-21)26(28(30)32)29-22-15-17(2)11-12-19(22)4/h7-16,29H,6H2,1-5H3. The van der Waals surface area contributed by atoms with Crippen LogP contribution in [0.1, 0.15) is 34.7 Å². The van der Waals surface area contributed by atoms with Crippen LogP contribution in [0.3, 0.4) is 0 Å². The SMILES string of the molecule is CCOc1ccccc1N1C(=O)C(Nc2cc(C)ccc2C)=C(c2ccc(C)c(C)c2)C1=O. The van der Waals surface area contributed by atoms with Crippen molar-refractivity contribution in [3.63, 3.8) is 0 Å².